The van der Waals surface area contributed by atoms with Gasteiger partial charge in [-0.05, 0) is 42.2 Å². The van der Waals surface area contributed by atoms with Crippen molar-refractivity contribution in [1.29, 1.82) is 0 Å². The molecule has 0 unspecified atom stereocenters. The van der Waals surface area contributed by atoms with Gasteiger partial charge in [-0.25, -0.2) is 13.1 Å². The Balaban J connectivity index is 1.57. The summed E-state index contributed by atoms with van der Waals surface area (Å²) in [5, 5.41) is 1.21. The fraction of sp³-hybridized carbons (Fsp3) is 0.263. The predicted octanol–water partition coefficient (Wildman–Crippen LogP) is 3.38. The van der Waals surface area contributed by atoms with Gasteiger partial charge in [0.2, 0.25) is 10.0 Å². The molecule has 3 rings (SSSR count). The van der Waals surface area contributed by atoms with Gasteiger partial charge in [-0.1, -0.05) is 42.5 Å². The number of sulfonamides is 1. The van der Waals surface area contributed by atoms with Crippen LogP contribution >= 0.6 is 0 Å². The maximum Gasteiger partial charge on any atom is 0.234 e. The summed E-state index contributed by atoms with van der Waals surface area (Å²) >= 11 is 0. The molecule has 1 aliphatic rings. The number of nitrogens with zero attached hydrogens (tertiary/aromatic N) is 1. The first-order chi connectivity index (χ1) is 11.6. The van der Waals surface area contributed by atoms with E-state index in [1.54, 1.807) is 6.08 Å². The molecule has 126 valence electrons. The highest BCUT2D eigenvalue weighted by Gasteiger charge is 2.12. The molecule has 5 heteroatoms. The van der Waals surface area contributed by atoms with Gasteiger partial charge < -0.3 is 4.90 Å². The van der Waals surface area contributed by atoms with Crippen molar-refractivity contribution >= 4 is 21.8 Å². The van der Waals surface area contributed by atoms with Gasteiger partial charge in [0.05, 0.1) is 0 Å². The van der Waals surface area contributed by atoms with Crippen molar-refractivity contribution in [2.24, 2.45) is 0 Å². The molecule has 2 aromatic carbocycles. The molecule has 0 saturated carbocycles. The van der Waals surface area contributed by atoms with Gasteiger partial charge in [-0.3, -0.25) is 0 Å². The quantitative estimate of drug-likeness (QED) is 0.875. The number of benzene rings is 2. The van der Waals surface area contributed by atoms with Crippen molar-refractivity contribution in [2.45, 2.75) is 19.4 Å². The zero-order valence-corrected chi connectivity index (χ0v) is 14.4. The second kappa shape index (κ2) is 7.64. The predicted molar refractivity (Wildman–Crippen MR) is 99.1 cm³/mol. The minimum Gasteiger partial charge on any atom is -0.372 e. The monoisotopic (exact) mass is 342 g/mol. The molecule has 1 fully saturated rings. The van der Waals surface area contributed by atoms with E-state index >= 15 is 0 Å². The highest BCUT2D eigenvalue weighted by molar-refractivity contribution is 7.92. The second-order valence-electron chi connectivity index (χ2n) is 5.94. The molecule has 0 aliphatic carbocycles. The lowest BCUT2D eigenvalue weighted by Crippen LogP contribution is -2.21. The van der Waals surface area contributed by atoms with Crippen LogP contribution in [0.3, 0.4) is 0 Å². The first-order valence-corrected chi connectivity index (χ1v) is 9.74. The maximum absolute atomic E-state index is 12.0. The average Bonchev–Trinajstić information content (AvgIpc) is 3.15. The number of nitrogens with one attached hydrogen (secondary N) is 1. The van der Waals surface area contributed by atoms with Crippen LogP contribution in [0.25, 0.3) is 6.08 Å². The second-order valence-corrected chi connectivity index (χ2v) is 7.59. The zero-order valence-electron chi connectivity index (χ0n) is 13.6. The smallest absolute Gasteiger partial charge is 0.234 e. The summed E-state index contributed by atoms with van der Waals surface area (Å²) in [7, 11) is -3.44. The third-order valence-electron chi connectivity index (χ3n) is 4.12. The maximum atomic E-state index is 12.0. The highest BCUT2D eigenvalue weighted by Crippen LogP contribution is 2.20. The van der Waals surface area contributed by atoms with E-state index in [4.69, 9.17) is 0 Å². The van der Waals surface area contributed by atoms with Gasteiger partial charge in [0.15, 0.2) is 0 Å². The van der Waals surface area contributed by atoms with E-state index in [2.05, 4.69) is 21.8 Å². The molecule has 0 radical (unpaired) electrons. The normalized spacial score (nSPS) is 15.2. The van der Waals surface area contributed by atoms with E-state index in [-0.39, 0.29) is 0 Å². The lowest BCUT2D eigenvalue weighted by Gasteiger charge is -2.17. The van der Waals surface area contributed by atoms with Crippen molar-refractivity contribution < 1.29 is 8.42 Å². The topological polar surface area (TPSA) is 49.4 Å². The summed E-state index contributed by atoms with van der Waals surface area (Å²) in [6, 6.07) is 17.5. The Kier molecular flexibility index (Phi) is 5.33. The Morgan fingerprint density at radius 1 is 0.958 bits per heavy atom. The third-order valence-corrected chi connectivity index (χ3v) is 5.17. The van der Waals surface area contributed by atoms with Crippen molar-refractivity contribution in [1.82, 2.24) is 4.72 Å². The van der Waals surface area contributed by atoms with E-state index in [0.29, 0.717) is 6.54 Å². The van der Waals surface area contributed by atoms with Crippen LogP contribution in [0.1, 0.15) is 24.0 Å². The number of hydrogen-bond donors (Lipinski definition) is 1. The molecule has 1 N–H and O–H groups in total. The zero-order chi connectivity index (χ0) is 16.8. The van der Waals surface area contributed by atoms with Crippen molar-refractivity contribution in [3.05, 3.63) is 71.1 Å². The van der Waals surface area contributed by atoms with Crippen LogP contribution in [0.5, 0.6) is 0 Å². The number of anilines is 1. The van der Waals surface area contributed by atoms with E-state index in [1.807, 2.05) is 42.5 Å². The molecule has 0 spiro atoms. The Labute approximate surface area is 143 Å². The Morgan fingerprint density at radius 2 is 1.62 bits per heavy atom. The van der Waals surface area contributed by atoms with E-state index < -0.39 is 10.0 Å². The molecule has 24 heavy (non-hydrogen) atoms. The Morgan fingerprint density at radius 3 is 2.29 bits per heavy atom. The number of rotatable bonds is 6. The molecule has 0 amide bonds. The highest BCUT2D eigenvalue weighted by atomic mass is 32.2. The molecular weight excluding hydrogens is 320 g/mol. The minimum atomic E-state index is -3.44. The van der Waals surface area contributed by atoms with Crippen molar-refractivity contribution in [3.8, 4) is 0 Å². The van der Waals surface area contributed by atoms with E-state index in [9.17, 15) is 8.42 Å². The fourth-order valence-corrected chi connectivity index (χ4v) is 3.56. The average molecular weight is 342 g/mol. The lowest BCUT2D eigenvalue weighted by atomic mass is 10.2. The molecule has 0 aromatic heterocycles. The van der Waals surface area contributed by atoms with Crippen LogP contribution < -0.4 is 9.62 Å². The van der Waals surface area contributed by atoms with E-state index in [0.717, 1.165) is 24.2 Å². The van der Waals surface area contributed by atoms with Gasteiger partial charge in [0.25, 0.3) is 0 Å². The van der Waals surface area contributed by atoms with Crippen LogP contribution in [-0.2, 0) is 16.6 Å². The summed E-state index contributed by atoms with van der Waals surface area (Å²) < 4.78 is 26.7. The summed E-state index contributed by atoms with van der Waals surface area (Å²) in [5.41, 5.74) is 3.02. The molecule has 4 nitrogen and oxygen atoms in total. The largest absolute Gasteiger partial charge is 0.372 e. The van der Waals surface area contributed by atoms with Gasteiger partial charge in [0, 0.05) is 30.7 Å². The molecule has 2 aromatic rings. The first-order valence-electron chi connectivity index (χ1n) is 8.19. The summed E-state index contributed by atoms with van der Waals surface area (Å²) in [6.45, 7) is 2.51. The molecule has 0 bridgehead atoms. The van der Waals surface area contributed by atoms with E-state index in [1.165, 1.54) is 23.9 Å². The Hall–Kier alpha value is -2.11. The van der Waals surface area contributed by atoms with Gasteiger partial charge >= 0.3 is 0 Å². The van der Waals surface area contributed by atoms with Crippen molar-refractivity contribution in [3.63, 3.8) is 0 Å². The molecule has 1 heterocycles. The first kappa shape index (κ1) is 16.7. The van der Waals surface area contributed by atoms with Gasteiger partial charge in [-0.2, -0.15) is 0 Å². The molecule has 1 saturated heterocycles. The summed E-state index contributed by atoms with van der Waals surface area (Å²) in [5.74, 6) is 0. The summed E-state index contributed by atoms with van der Waals surface area (Å²) in [4.78, 5) is 2.36. The molecule has 0 atom stereocenters. The number of hydrogen-bond acceptors (Lipinski definition) is 3. The molecule has 1 aliphatic heterocycles. The van der Waals surface area contributed by atoms with Crippen LogP contribution in [0.2, 0.25) is 0 Å². The third kappa shape index (κ3) is 4.69. The standard InChI is InChI=1S/C19H22N2O2S/c22-24(23,15-12-17-6-2-1-3-7-17)20-16-18-8-10-19(11-9-18)21-13-4-5-14-21/h1-3,6-12,15,20H,4-5,13-14,16H2/b15-12+. The Bertz CT molecular complexity index is 778. The molecular formula is C19H22N2O2S. The lowest BCUT2D eigenvalue weighted by molar-refractivity contribution is 0.591. The fourth-order valence-electron chi connectivity index (χ4n) is 2.76. The van der Waals surface area contributed by atoms with Crippen LogP contribution in [0.4, 0.5) is 5.69 Å². The minimum absolute atomic E-state index is 0.293. The summed E-state index contributed by atoms with van der Waals surface area (Å²) in [6.07, 6.45) is 4.09. The van der Waals surface area contributed by atoms with Gasteiger partial charge in [-0.15, -0.1) is 0 Å². The van der Waals surface area contributed by atoms with Crippen LogP contribution in [0.15, 0.2) is 60.0 Å². The van der Waals surface area contributed by atoms with Crippen LogP contribution in [-0.4, -0.2) is 21.5 Å². The van der Waals surface area contributed by atoms with Crippen molar-refractivity contribution in [2.75, 3.05) is 18.0 Å². The SMILES string of the molecule is O=S(=O)(/C=C/c1ccccc1)NCc1ccc(N2CCCC2)cc1. The van der Waals surface area contributed by atoms with Gasteiger partial charge in [0.1, 0.15) is 0 Å². The van der Waals surface area contributed by atoms with Crippen LogP contribution in [0, 0.1) is 0 Å².